The molecule has 0 bridgehead atoms. The van der Waals surface area contributed by atoms with E-state index in [0.29, 0.717) is 28.7 Å². The molecule has 0 fully saturated rings. The van der Waals surface area contributed by atoms with E-state index in [1.807, 2.05) is 6.92 Å². The van der Waals surface area contributed by atoms with Gasteiger partial charge in [0.25, 0.3) is 5.91 Å². The molecule has 0 radical (unpaired) electrons. The number of ether oxygens (including phenoxy) is 3. The van der Waals surface area contributed by atoms with Crippen molar-refractivity contribution in [3.63, 3.8) is 0 Å². The highest BCUT2D eigenvalue weighted by molar-refractivity contribution is 6.31. The van der Waals surface area contributed by atoms with Gasteiger partial charge in [0.15, 0.2) is 11.5 Å². The highest BCUT2D eigenvalue weighted by Crippen LogP contribution is 2.33. The van der Waals surface area contributed by atoms with Crippen LogP contribution in [-0.4, -0.2) is 26.7 Å². The molecule has 1 amide bonds. The number of carbonyl (C=O) groups excluding carboxylic acids is 1. The van der Waals surface area contributed by atoms with Crippen molar-refractivity contribution >= 4 is 17.5 Å². The average Bonchev–Trinajstić information content (AvgIpc) is 2.61. The average molecular weight is 350 g/mol. The molecule has 0 heterocycles. The van der Waals surface area contributed by atoms with E-state index in [0.717, 1.165) is 11.3 Å². The van der Waals surface area contributed by atoms with Crippen LogP contribution in [0.1, 0.15) is 22.8 Å². The molecular weight excluding hydrogens is 330 g/mol. The van der Waals surface area contributed by atoms with Gasteiger partial charge in [-0.2, -0.15) is 0 Å². The number of rotatable bonds is 7. The molecule has 6 heteroatoms. The molecule has 2 rings (SSSR count). The van der Waals surface area contributed by atoms with Gasteiger partial charge in [-0.25, -0.2) is 0 Å². The summed E-state index contributed by atoms with van der Waals surface area (Å²) in [5.41, 5.74) is 1.30. The smallest absolute Gasteiger partial charge is 0.251 e. The Bertz CT molecular complexity index is 701. The normalized spacial score (nSPS) is 10.2. The summed E-state index contributed by atoms with van der Waals surface area (Å²) >= 11 is 6.22. The van der Waals surface area contributed by atoms with Gasteiger partial charge in [-0.1, -0.05) is 11.6 Å². The SMILES string of the molecule is CCOc1ccc(C(=O)NCc2cc(OC)c(OC)cc2Cl)cc1. The molecule has 2 aromatic rings. The third-order valence-electron chi connectivity index (χ3n) is 3.42. The summed E-state index contributed by atoms with van der Waals surface area (Å²) in [5, 5.41) is 3.34. The number of carbonyl (C=O) groups is 1. The topological polar surface area (TPSA) is 56.8 Å². The minimum atomic E-state index is -0.191. The number of amides is 1. The molecule has 0 aromatic heterocycles. The van der Waals surface area contributed by atoms with Gasteiger partial charge in [-0.05, 0) is 42.8 Å². The van der Waals surface area contributed by atoms with Gasteiger partial charge in [0, 0.05) is 23.2 Å². The first-order chi connectivity index (χ1) is 11.6. The van der Waals surface area contributed by atoms with Gasteiger partial charge >= 0.3 is 0 Å². The maximum atomic E-state index is 12.2. The molecule has 0 unspecified atom stereocenters. The number of methoxy groups -OCH3 is 2. The predicted molar refractivity (Wildman–Crippen MR) is 93.3 cm³/mol. The molecule has 128 valence electrons. The Balaban J connectivity index is 2.05. The van der Waals surface area contributed by atoms with Crippen molar-refractivity contribution in [1.29, 1.82) is 0 Å². The molecule has 0 aliphatic carbocycles. The number of benzene rings is 2. The van der Waals surface area contributed by atoms with Crippen LogP contribution >= 0.6 is 11.6 Å². The van der Waals surface area contributed by atoms with E-state index < -0.39 is 0 Å². The number of hydrogen-bond acceptors (Lipinski definition) is 4. The summed E-state index contributed by atoms with van der Waals surface area (Å²) in [6.45, 7) is 2.78. The second-order valence-electron chi connectivity index (χ2n) is 4.94. The van der Waals surface area contributed by atoms with E-state index in [-0.39, 0.29) is 12.5 Å². The first-order valence-electron chi connectivity index (χ1n) is 7.50. The first kappa shape index (κ1) is 17.9. The fourth-order valence-electron chi connectivity index (χ4n) is 2.18. The Morgan fingerprint density at radius 3 is 2.29 bits per heavy atom. The van der Waals surface area contributed by atoms with Crippen molar-refractivity contribution in [2.45, 2.75) is 13.5 Å². The van der Waals surface area contributed by atoms with E-state index in [9.17, 15) is 4.79 Å². The number of halogens is 1. The van der Waals surface area contributed by atoms with Crippen LogP contribution in [0.2, 0.25) is 5.02 Å². The second-order valence-corrected chi connectivity index (χ2v) is 5.35. The molecule has 0 aliphatic heterocycles. The molecular formula is C18H20ClNO4. The lowest BCUT2D eigenvalue weighted by Crippen LogP contribution is -2.22. The maximum absolute atomic E-state index is 12.2. The van der Waals surface area contributed by atoms with Gasteiger partial charge < -0.3 is 19.5 Å². The van der Waals surface area contributed by atoms with Crippen LogP contribution in [0.5, 0.6) is 17.2 Å². The molecule has 0 aliphatic rings. The van der Waals surface area contributed by atoms with E-state index in [1.54, 1.807) is 50.6 Å². The summed E-state index contributed by atoms with van der Waals surface area (Å²) in [5.74, 6) is 1.65. The third-order valence-corrected chi connectivity index (χ3v) is 3.77. The third kappa shape index (κ3) is 4.32. The zero-order valence-electron chi connectivity index (χ0n) is 13.9. The maximum Gasteiger partial charge on any atom is 0.251 e. The summed E-state index contributed by atoms with van der Waals surface area (Å²) in [6.07, 6.45) is 0. The second kappa shape index (κ2) is 8.45. The van der Waals surface area contributed by atoms with E-state index in [2.05, 4.69) is 5.32 Å². The van der Waals surface area contributed by atoms with Crippen LogP contribution < -0.4 is 19.5 Å². The molecule has 5 nitrogen and oxygen atoms in total. The molecule has 0 saturated carbocycles. The molecule has 2 aromatic carbocycles. The number of nitrogens with one attached hydrogen (secondary N) is 1. The molecule has 0 spiro atoms. The Labute approximate surface area is 146 Å². The van der Waals surface area contributed by atoms with Gasteiger partial charge in [0.2, 0.25) is 0 Å². The fraction of sp³-hybridized carbons (Fsp3) is 0.278. The van der Waals surface area contributed by atoms with Crippen LogP contribution in [0.25, 0.3) is 0 Å². The van der Waals surface area contributed by atoms with Crippen LogP contribution in [0, 0.1) is 0 Å². The monoisotopic (exact) mass is 349 g/mol. The summed E-state index contributed by atoms with van der Waals surface area (Å²) in [4.78, 5) is 12.2. The van der Waals surface area contributed by atoms with Crippen LogP contribution in [0.3, 0.4) is 0 Å². The molecule has 0 atom stereocenters. The molecule has 1 N–H and O–H groups in total. The van der Waals surface area contributed by atoms with E-state index in [4.69, 9.17) is 25.8 Å². The Hall–Kier alpha value is -2.40. The van der Waals surface area contributed by atoms with Crippen LogP contribution in [0.4, 0.5) is 0 Å². The van der Waals surface area contributed by atoms with Crippen molar-refractivity contribution in [3.8, 4) is 17.2 Å². The largest absolute Gasteiger partial charge is 0.494 e. The lowest BCUT2D eigenvalue weighted by molar-refractivity contribution is 0.0951. The molecule has 24 heavy (non-hydrogen) atoms. The first-order valence-corrected chi connectivity index (χ1v) is 7.88. The summed E-state index contributed by atoms with van der Waals surface area (Å²) in [7, 11) is 3.09. The zero-order valence-corrected chi connectivity index (χ0v) is 14.6. The lowest BCUT2D eigenvalue weighted by Gasteiger charge is -2.12. The Kier molecular flexibility index (Phi) is 6.32. The van der Waals surface area contributed by atoms with Crippen molar-refractivity contribution in [1.82, 2.24) is 5.32 Å². The minimum Gasteiger partial charge on any atom is -0.494 e. The van der Waals surface area contributed by atoms with Gasteiger partial charge in [-0.3, -0.25) is 4.79 Å². The van der Waals surface area contributed by atoms with Crippen LogP contribution in [0.15, 0.2) is 36.4 Å². The Morgan fingerprint density at radius 2 is 1.71 bits per heavy atom. The zero-order chi connectivity index (χ0) is 17.5. The predicted octanol–water partition coefficient (Wildman–Crippen LogP) is 3.69. The lowest BCUT2D eigenvalue weighted by atomic mass is 10.1. The van der Waals surface area contributed by atoms with Crippen molar-refractivity contribution in [3.05, 3.63) is 52.5 Å². The quantitative estimate of drug-likeness (QED) is 0.828. The standard InChI is InChI=1S/C18H20ClNO4/c1-4-24-14-7-5-12(6-8-14)18(21)20-11-13-9-16(22-2)17(23-3)10-15(13)19/h5-10H,4,11H2,1-3H3,(H,20,21). The van der Waals surface area contributed by atoms with Crippen molar-refractivity contribution < 1.29 is 19.0 Å². The van der Waals surface area contributed by atoms with Crippen molar-refractivity contribution in [2.75, 3.05) is 20.8 Å². The fourth-order valence-corrected chi connectivity index (χ4v) is 2.40. The van der Waals surface area contributed by atoms with E-state index >= 15 is 0 Å². The number of hydrogen-bond donors (Lipinski definition) is 1. The summed E-state index contributed by atoms with van der Waals surface area (Å²) < 4.78 is 15.8. The van der Waals surface area contributed by atoms with Gasteiger partial charge in [0.1, 0.15) is 5.75 Å². The van der Waals surface area contributed by atoms with Gasteiger partial charge in [-0.15, -0.1) is 0 Å². The minimum absolute atomic E-state index is 0.191. The van der Waals surface area contributed by atoms with Gasteiger partial charge in [0.05, 0.1) is 20.8 Å². The highest BCUT2D eigenvalue weighted by Gasteiger charge is 2.12. The van der Waals surface area contributed by atoms with E-state index in [1.165, 1.54) is 0 Å². The summed E-state index contributed by atoms with van der Waals surface area (Å²) in [6, 6.07) is 10.4. The Morgan fingerprint density at radius 1 is 1.08 bits per heavy atom. The van der Waals surface area contributed by atoms with Crippen LogP contribution in [-0.2, 0) is 6.54 Å². The highest BCUT2D eigenvalue weighted by atomic mass is 35.5. The molecule has 0 saturated heterocycles. The van der Waals surface area contributed by atoms with Crippen molar-refractivity contribution in [2.24, 2.45) is 0 Å².